The molecule has 0 unspecified atom stereocenters. The normalized spacial score (nSPS) is 21.3. The third-order valence-electron chi connectivity index (χ3n) is 4.92. The van der Waals surface area contributed by atoms with Crippen molar-refractivity contribution in [3.05, 3.63) is 34.9 Å². The molecule has 4 nitrogen and oxygen atoms in total. The fourth-order valence-electron chi connectivity index (χ4n) is 3.24. The maximum Gasteiger partial charge on any atom is 0.193 e. The Hall–Kier alpha value is -1.26. The first-order valence-corrected chi connectivity index (χ1v) is 8.98. The van der Waals surface area contributed by atoms with Crippen LogP contribution in [0.5, 0.6) is 0 Å². The number of hydrogen-bond acceptors (Lipinski definition) is 2. The molecule has 1 aliphatic heterocycles. The molecule has 1 saturated carbocycles. The number of hydrogen-bond donors (Lipinski definition) is 2. The summed E-state index contributed by atoms with van der Waals surface area (Å²) < 4.78 is 0. The fraction of sp³-hybridized carbons (Fsp3) is 0.611. The van der Waals surface area contributed by atoms with Crippen molar-refractivity contribution in [2.45, 2.75) is 44.1 Å². The third kappa shape index (κ3) is 3.99. The smallest absolute Gasteiger partial charge is 0.193 e. The topological polar surface area (TPSA) is 47.9 Å². The van der Waals surface area contributed by atoms with E-state index in [1.807, 2.05) is 12.1 Å². The van der Waals surface area contributed by atoms with Crippen LogP contribution in [-0.2, 0) is 5.41 Å². The summed E-state index contributed by atoms with van der Waals surface area (Å²) in [6.45, 7) is 5.50. The molecule has 0 radical (unpaired) electrons. The molecule has 0 bridgehead atoms. The highest BCUT2D eigenvalue weighted by Gasteiger charge is 2.44. The van der Waals surface area contributed by atoms with Crippen LogP contribution in [0.15, 0.2) is 29.3 Å². The monoisotopic (exact) mass is 335 g/mol. The van der Waals surface area contributed by atoms with Crippen molar-refractivity contribution in [1.82, 2.24) is 10.2 Å². The molecule has 23 heavy (non-hydrogen) atoms. The molecule has 0 amide bonds. The van der Waals surface area contributed by atoms with Gasteiger partial charge in [-0.3, -0.25) is 4.99 Å². The van der Waals surface area contributed by atoms with Crippen LogP contribution in [0, 0.1) is 0 Å². The first kappa shape index (κ1) is 16.6. The number of aliphatic imine (C=N–C) groups is 1. The predicted molar refractivity (Wildman–Crippen MR) is 95.2 cm³/mol. The lowest BCUT2D eigenvalue weighted by Crippen LogP contribution is -2.46. The van der Waals surface area contributed by atoms with E-state index in [2.05, 4.69) is 29.3 Å². The van der Waals surface area contributed by atoms with Gasteiger partial charge in [-0.1, -0.05) is 23.7 Å². The molecule has 0 atom stereocenters. The van der Waals surface area contributed by atoms with Gasteiger partial charge in [0.1, 0.15) is 0 Å². The molecular formula is C18H26ClN3O. The minimum Gasteiger partial charge on any atom is -0.393 e. The summed E-state index contributed by atoms with van der Waals surface area (Å²) in [7, 11) is 0. The van der Waals surface area contributed by atoms with Crippen LogP contribution in [0.1, 0.15) is 38.2 Å². The minimum absolute atomic E-state index is 0.157. The van der Waals surface area contributed by atoms with Crippen LogP contribution in [-0.4, -0.2) is 48.2 Å². The average molecular weight is 336 g/mol. The van der Waals surface area contributed by atoms with Gasteiger partial charge < -0.3 is 15.3 Å². The Morgan fingerprint density at radius 3 is 2.74 bits per heavy atom. The van der Waals surface area contributed by atoms with Crippen molar-refractivity contribution in [2.75, 3.05) is 26.2 Å². The van der Waals surface area contributed by atoms with Gasteiger partial charge >= 0.3 is 0 Å². The van der Waals surface area contributed by atoms with Crippen molar-refractivity contribution in [3.8, 4) is 0 Å². The number of nitrogens with zero attached hydrogens (tertiary/aromatic N) is 2. The van der Waals surface area contributed by atoms with E-state index in [-0.39, 0.29) is 11.5 Å². The largest absolute Gasteiger partial charge is 0.393 e. The molecule has 126 valence electrons. The van der Waals surface area contributed by atoms with Crippen molar-refractivity contribution in [3.63, 3.8) is 0 Å². The number of likely N-dealkylation sites (tertiary alicyclic amines) is 1. The van der Waals surface area contributed by atoms with E-state index in [0.717, 1.165) is 50.0 Å². The number of aliphatic hydroxyl groups excluding tert-OH is 1. The Labute approximate surface area is 143 Å². The number of piperidine rings is 1. The Balaban J connectivity index is 1.70. The predicted octanol–water partition coefficient (Wildman–Crippen LogP) is 2.79. The van der Waals surface area contributed by atoms with Crippen LogP contribution >= 0.6 is 11.6 Å². The maximum absolute atomic E-state index is 9.68. The molecular weight excluding hydrogens is 310 g/mol. The second-order valence-corrected chi connectivity index (χ2v) is 7.12. The lowest BCUT2D eigenvalue weighted by molar-refractivity contribution is 0.108. The second kappa shape index (κ2) is 7.10. The highest BCUT2D eigenvalue weighted by molar-refractivity contribution is 6.30. The SMILES string of the molecule is CCNC(=NCC1(c2cccc(Cl)c2)CC1)N1CCC(O)CC1. The number of nitrogens with one attached hydrogen (secondary N) is 1. The molecule has 5 heteroatoms. The van der Waals surface area contributed by atoms with Gasteiger partial charge in [-0.2, -0.15) is 0 Å². The van der Waals surface area contributed by atoms with Gasteiger partial charge in [-0.15, -0.1) is 0 Å². The summed E-state index contributed by atoms with van der Waals surface area (Å²) in [4.78, 5) is 7.18. The Morgan fingerprint density at radius 1 is 1.39 bits per heavy atom. The number of guanidine groups is 1. The van der Waals surface area contributed by atoms with Crippen molar-refractivity contribution < 1.29 is 5.11 Å². The zero-order valence-corrected chi connectivity index (χ0v) is 14.5. The summed E-state index contributed by atoms with van der Waals surface area (Å²) in [6, 6.07) is 8.19. The van der Waals surface area contributed by atoms with Gasteiger partial charge in [0.05, 0.1) is 12.6 Å². The van der Waals surface area contributed by atoms with Crippen molar-refractivity contribution in [1.29, 1.82) is 0 Å². The first-order chi connectivity index (χ1) is 11.1. The molecule has 1 aromatic rings. The number of benzene rings is 1. The van der Waals surface area contributed by atoms with E-state index in [0.29, 0.717) is 0 Å². The zero-order valence-electron chi connectivity index (χ0n) is 13.8. The van der Waals surface area contributed by atoms with Gasteiger partial charge in [-0.05, 0) is 50.3 Å². The lowest BCUT2D eigenvalue weighted by atomic mass is 9.96. The van der Waals surface area contributed by atoms with Gasteiger partial charge in [0.15, 0.2) is 5.96 Å². The Morgan fingerprint density at radius 2 is 2.13 bits per heavy atom. The summed E-state index contributed by atoms with van der Waals surface area (Å²) in [6.07, 6.45) is 3.84. The highest BCUT2D eigenvalue weighted by Crippen LogP contribution is 2.48. The van der Waals surface area contributed by atoms with Crippen LogP contribution in [0.3, 0.4) is 0 Å². The molecule has 2 N–H and O–H groups in total. The molecule has 1 aliphatic carbocycles. The van der Waals surface area contributed by atoms with Gasteiger partial charge in [0.25, 0.3) is 0 Å². The molecule has 1 aromatic carbocycles. The van der Waals surface area contributed by atoms with E-state index >= 15 is 0 Å². The summed E-state index contributed by atoms with van der Waals surface area (Å²) >= 11 is 6.15. The Kier molecular flexibility index (Phi) is 5.12. The lowest BCUT2D eigenvalue weighted by Gasteiger charge is -2.32. The fourth-order valence-corrected chi connectivity index (χ4v) is 3.43. The number of rotatable bonds is 4. The van der Waals surface area contributed by atoms with Crippen molar-refractivity contribution in [2.24, 2.45) is 4.99 Å². The van der Waals surface area contributed by atoms with Crippen molar-refractivity contribution >= 4 is 17.6 Å². The van der Waals surface area contributed by atoms with Gasteiger partial charge in [0, 0.05) is 30.1 Å². The summed E-state index contributed by atoms with van der Waals surface area (Å²) in [5.41, 5.74) is 1.47. The Bertz CT molecular complexity index is 563. The quantitative estimate of drug-likeness (QED) is 0.657. The van der Waals surface area contributed by atoms with Gasteiger partial charge in [-0.25, -0.2) is 0 Å². The molecule has 2 aliphatic rings. The third-order valence-corrected chi connectivity index (χ3v) is 5.16. The molecule has 1 saturated heterocycles. The van der Waals surface area contributed by atoms with Crippen LogP contribution < -0.4 is 5.32 Å². The zero-order chi connectivity index (χ0) is 16.3. The van der Waals surface area contributed by atoms with Gasteiger partial charge in [0.2, 0.25) is 0 Å². The van der Waals surface area contributed by atoms with E-state index < -0.39 is 0 Å². The number of halogens is 1. The molecule has 0 spiro atoms. The van der Waals surface area contributed by atoms with E-state index in [4.69, 9.17) is 16.6 Å². The van der Waals surface area contributed by atoms with Crippen LogP contribution in [0.25, 0.3) is 0 Å². The molecule has 0 aromatic heterocycles. The first-order valence-electron chi connectivity index (χ1n) is 8.60. The van der Waals surface area contributed by atoms with E-state index in [9.17, 15) is 5.11 Å². The van der Waals surface area contributed by atoms with Crippen LogP contribution in [0.4, 0.5) is 0 Å². The minimum atomic E-state index is -0.157. The molecule has 2 fully saturated rings. The second-order valence-electron chi connectivity index (χ2n) is 6.68. The number of aliphatic hydroxyl groups is 1. The average Bonchev–Trinajstić information content (AvgIpc) is 3.34. The van der Waals surface area contributed by atoms with Crippen LogP contribution in [0.2, 0.25) is 5.02 Å². The summed E-state index contributed by atoms with van der Waals surface area (Å²) in [5.74, 6) is 0.979. The standard InChI is InChI=1S/C18H26ClN3O/c1-2-20-17(22-10-6-16(23)7-11-22)21-13-18(8-9-18)14-4-3-5-15(19)12-14/h3-5,12,16,23H,2,6-11,13H2,1H3,(H,20,21). The molecule has 1 heterocycles. The maximum atomic E-state index is 9.68. The summed E-state index contributed by atoms with van der Waals surface area (Å²) in [5, 5.41) is 13.9. The van der Waals surface area contributed by atoms with E-state index in [1.165, 1.54) is 18.4 Å². The van der Waals surface area contributed by atoms with E-state index in [1.54, 1.807) is 0 Å². The highest BCUT2D eigenvalue weighted by atomic mass is 35.5. The molecule has 3 rings (SSSR count).